The van der Waals surface area contributed by atoms with E-state index in [0.717, 1.165) is 18.6 Å². The summed E-state index contributed by atoms with van der Waals surface area (Å²) in [5.74, 6) is 1.05. The smallest absolute Gasteiger partial charge is 0.464 e. The number of rotatable bonds is 28. The van der Waals surface area contributed by atoms with E-state index in [4.69, 9.17) is 14.1 Å². The van der Waals surface area contributed by atoms with Crippen LogP contribution in [-0.4, -0.2) is 34.5 Å². The lowest BCUT2D eigenvalue weighted by atomic mass is 10.1. The molecule has 0 fully saturated rings. The normalized spacial score (nSPS) is 15.0. The predicted octanol–water partition coefficient (Wildman–Crippen LogP) is 10.8. The van der Waals surface area contributed by atoms with E-state index in [9.17, 15) is 14.5 Å². The fraction of sp³-hybridized carbons (Fsp3) is 0.964. The highest BCUT2D eigenvalue weighted by molar-refractivity contribution is 7.99. The van der Waals surface area contributed by atoms with Gasteiger partial charge in [0.15, 0.2) is 0 Å². The van der Waals surface area contributed by atoms with Crippen LogP contribution in [-0.2, 0) is 18.7 Å². The standard InChI is InChI=1S/C28H57O6PS/c1-5-8-10-12-14-15-16-18-20-22-25-36-27(23-21-19-17-13-11-9-6-2)26(4)33-34-35(31,28(29)30)32-24-7-3/h26-27H,5-25H2,1-4H3,(H,29,30). The van der Waals surface area contributed by atoms with Gasteiger partial charge in [0.05, 0.1) is 6.61 Å². The third-order valence-electron chi connectivity index (χ3n) is 6.44. The number of hydrogen-bond donors (Lipinski definition) is 1. The molecule has 0 heterocycles. The third kappa shape index (κ3) is 20.0. The molecule has 0 aromatic heterocycles. The Morgan fingerprint density at radius 1 is 0.750 bits per heavy atom. The van der Waals surface area contributed by atoms with Crippen LogP contribution in [0.4, 0.5) is 4.79 Å². The number of thioether (sulfide) groups is 1. The summed E-state index contributed by atoms with van der Waals surface area (Å²) in [5.41, 5.74) is -1.61. The van der Waals surface area contributed by atoms with Crippen LogP contribution in [0.15, 0.2) is 0 Å². The number of carbonyl (C=O) groups is 1. The third-order valence-corrected chi connectivity index (χ3v) is 9.28. The average molecular weight is 553 g/mol. The number of unbranched alkanes of at least 4 members (excludes halogenated alkanes) is 15. The first-order chi connectivity index (χ1) is 17.4. The Labute approximate surface area is 226 Å². The largest absolute Gasteiger partial charge is 0.472 e. The summed E-state index contributed by atoms with van der Waals surface area (Å²) in [6.07, 6.45) is 23.1. The van der Waals surface area contributed by atoms with Gasteiger partial charge in [-0.2, -0.15) is 11.8 Å². The van der Waals surface area contributed by atoms with Gasteiger partial charge in [-0.3, -0.25) is 4.52 Å². The van der Waals surface area contributed by atoms with Crippen molar-refractivity contribution in [2.45, 2.75) is 161 Å². The molecule has 0 aromatic carbocycles. The number of carboxylic acid groups (broad SMARTS) is 1. The van der Waals surface area contributed by atoms with Crippen molar-refractivity contribution in [3.8, 4) is 0 Å². The van der Waals surface area contributed by atoms with Gasteiger partial charge in [0, 0.05) is 5.25 Å². The van der Waals surface area contributed by atoms with E-state index in [1.807, 2.05) is 25.6 Å². The van der Waals surface area contributed by atoms with Gasteiger partial charge in [0.25, 0.3) is 0 Å². The van der Waals surface area contributed by atoms with E-state index < -0.39 is 13.3 Å². The molecular weight excluding hydrogens is 495 g/mol. The van der Waals surface area contributed by atoms with Crippen molar-refractivity contribution in [2.24, 2.45) is 0 Å². The molecule has 0 aromatic rings. The molecule has 1 N–H and O–H groups in total. The Bertz CT molecular complexity index is 548. The van der Waals surface area contributed by atoms with Crippen molar-refractivity contribution in [1.82, 2.24) is 0 Å². The van der Waals surface area contributed by atoms with E-state index in [0.29, 0.717) is 6.42 Å². The lowest BCUT2D eigenvalue weighted by Crippen LogP contribution is -2.24. The second kappa shape index (κ2) is 25.2. The van der Waals surface area contributed by atoms with Crippen molar-refractivity contribution >= 4 is 25.1 Å². The van der Waals surface area contributed by atoms with Crippen molar-refractivity contribution in [1.29, 1.82) is 0 Å². The van der Waals surface area contributed by atoms with Crippen LogP contribution in [0.2, 0.25) is 0 Å². The summed E-state index contributed by atoms with van der Waals surface area (Å²) in [4.78, 5) is 16.8. The summed E-state index contributed by atoms with van der Waals surface area (Å²) >= 11 is 1.87. The van der Waals surface area contributed by atoms with Crippen molar-refractivity contribution in [3.05, 3.63) is 0 Å². The highest BCUT2D eigenvalue weighted by Crippen LogP contribution is 2.49. The van der Waals surface area contributed by atoms with Gasteiger partial charge in [-0.15, -0.1) is 4.67 Å². The number of hydrogen-bond acceptors (Lipinski definition) is 6. The molecule has 8 heteroatoms. The SMILES string of the molecule is CCCCCCCCCCCCSC(CCCCCCCCC)C(C)OOP(=O)(OCCC)C(=O)O. The van der Waals surface area contributed by atoms with Gasteiger partial charge in [0.2, 0.25) is 0 Å². The zero-order valence-corrected chi connectivity index (χ0v) is 25.6. The van der Waals surface area contributed by atoms with Crippen LogP contribution in [0.5, 0.6) is 0 Å². The molecule has 0 bridgehead atoms. The highest BCUT2D eigenvalue weighted by atomic mass is 32.2. The zero-order valence-electron chi connectivity index (χ0n) is 23.8. The molecule has 6 nitrogen and oxygen atoms in total. The van der Waals surface area contributed by atoms with Crippen LogP contribution < -0.4 is 0 Å². The Balaban J connectivity index is 4.44. The zero-order chi connectivity index (χ0) is 26.9. The highest BCUT2D eigenvalue weighted by Gasteiger charge is 2.38. The lowest BCUT2D eigenvalue weighted by molar-refractivity contribution is -0.245. The molecule has 0 rings (SSSR count). The minimum atomic E-state index is -4.32. The van der Waals surface area contributed by atoms with Crippen LogP contribution in [0, 0.1) is 0 Å². The Kier molecular flexibility index (Phi) is 25.2. The summed E-state index contributed by atoms with van der Waals surface area (Å²) in [5, 5.41) is 9.46. The van der Waals surface area contributed by atoms with Crippen molar-refractivity contribution < 1.29 is 28.6 Å². The second-order valence-corrected chi connectivity index (χ2v) is 13.1. The minimum Gasteiger partial charge on any atom is -0.472 e. The lowest BCUT2D eigenvalue weighted by Gasteiger charge is -2.24. The molecule has 0 aliphatic heterocycles. The predicted molar refractivity (Wildman–Crippen MR) is 154 cm³/mol. The first-order valence-electron chi connectivity index (χ1n) is 14.9. The molecular formula is C28H57O6PS. The van der Waals surface area contributed by atoms with E-state index in [1.54, 1.807) is 0 Å². The quantitative estimate of drug-likeness (QED) is 0.0447. The topological polar surface area (TPSA) is 82.1 Å². The first kappa shape index (κ1) is 35.9. The maximum atomic E-state index is 12.5. The summed E-state index contributed by atoms with van der Waals surface area (Å²) in [7, 11) is -4.32. The molecule has 3 unspecified atom stereocenters. The molecule has 0 aliphatic carbocycles. The Morgan fingerprint density at radius 3 is 1.69 bits per heavy atom. The molecule has 0 saturated carbocycles. The van der Waals surface area contributed by atoms with Crippen molar-refractivity contribution in [3.63, 3.8) is 0 Å². The maximum Gasteiger partial charge on any atom is 0.464 e. The first-order valence-corrected chi connectivity index (χ1v) is 17.4. The van der Waals surface area contributed by atoms with Crippen LogP contribution >= 0.6 is 19.4 Å². The van der Waals surface area contributed by atoms with Crippen LogP contribution in [0.3, 0.4) is 0 Å². The summed E-state index contributed by atoms with van der Waals surface area (Å²) in [6.45, 7) is 8.24. The monoisotopic (exact) mass is 552 g/mol. The summed E-state index contributed by atoms with van der Waals surface area (Å²) in [6, 6.07) is 0. The molecule has 216 valence electrons. The van der Waals surface area contributed by atoms with E-state index in [-0.39, 0.29) is 18.0 Å². The van der Waals surface area contributed by atoms with Gasteiger partial charge in [-0.25, -0.2) is 14.2 Å². The Hall–Kier alpha value is -0.0700. The summed E-state index contributed by atoms with van der Waals surface area (Å²) < 4.78 is 22.4. The van der Waals surface area contributed by atoms with Gasteiger partial charge in [0.1, 0.15) is 6.10 Å². The molecule has 36 heavy (non-hydrogen) atoms. The molecule has 0 radical (unpaired) electrons. The average Bonchev–Trinajstić information content (AvgIpc) is 2.87. The fourth-order valence-corrected chi connectivity index (χ4v) is 6.30. The van der Waals surface area contributed by atoms with Crippen LogP contribution in [0.25, 0.3) is 0 Å². The van der Waals surface area contributed by atoms with Gasteiger partial charge < -0.3 is 5.11 Å². The van der Waals surface area contributed by atoms with Crippen molar-refractivity contribution in [2.75, 3.05) is 12.4 Å². The molecule has 0 spiro atoms. The molecule has 0 saturated heterocycles. The fourth-order valence-electron chi connectivity index (χ4n) is 4.09. The molecule has 3 atom stereocenters. The molecule has 0 amide bonds. The Morgan fingerprint density at radius 2 is 1.22 bits per heavy atom. The minimum absolute atomic E-state index is 0.0519. The van der Waals surface area contributed by atoms with E-state index in [1.165, 1.54) is 103 Å². The van der Waals surface area contributed by atoms with Gasteiger partial charge in [-0.05, 0) is 31.9 Å². The maximum absolute atomic E-state index is 12.5. The van der Waals surface area contributed by atoms with Gasteiger partial charge >= 0.3 is 13.3 Å². The molecule has 0 aliphatic rings. The van der Waals surface area contributed by atoms with E-state index in [2.05, 4.69) is 13.8 Å². The van der Waals surface area contributed by atoms with Gasteiger partial charge in [-0.1, -0.05) is 124 Å². The van der Waals surface area contributed by atoms with Crippen LogP contribution in [0.1, 0.15) is 150 Å². The van der Waals surface area contributed by atoms with E-state index >= 15 is 0 Å². The second-order valence-electron chi connectivity index (χ2n) is 9.99.